The Morgan fingerprint density at radius 1 is 1.42 bits per heavy atom. The van der Waals surface area contributed by atoms with E-state index in [1.807, 2.05) is 12.1 Å². The molecule has 3 heterocycles. The average molecular weight is 356 g/mol. The number of hydrogen-bond donors (Lipinski definition) is 2. The molecule has 3 N–H and O–H groups in total. The summed E-state index contributed by atoms with van der Waals surface area (Å²) in [6, 6.07) is 3.78. The minimum Gasteiger partial charge on any atom is -0.373 e. The third-order valence-electron chi connectivity index (χ3n) is 5.94. The number of nitrogens with zero attached hydrogens (tertiary/aromatic N) is 4. The molecule has 1 amide bonds. The number of amides is 1. The number of ether oxygens (including phenoxy) is 1. The Morgan fingerprint density at radius 3 is 2.81 bits per heavy atom. The summed E-state index contributed by atoms with van der Waals surface area (Å²) in [7, 11) is 1.78. The van der Waals surface area contributed by atoms with Crippen LogP contribution in [-0.4, -0.2) is 51.4 Å². The summed E-state index contributed by atoms with van der Waals surface area (Å²) in [5, 5.41) is 10.6. The zero-order valence-corrected chi connectivity index (χ0v) is 14.9. The van der Waals surface area contributed by atoms with E-state index in [2.05, 4.69) is 25.3 Å². The van der Waals surface area contributed by atoms with Gasteiger partial charge in [0.1, 0.15) is 11.3 Å². The number of fused-ring (bicyclic) bond motifs is 2. The van der Waals surface area contributed by atoms with Gasteiger partial charge in [0, 0.05) is 44.8 Å². The molecule has 2 bridgehead atoms. The standard InChI is InChI=1S/C18H24N6O2/c1-26-18(12-5-6-20-16(7-12)17(19)25)13-3-2-4-14(18)10-24(9-13)11-15-8-21-23-22-15/h5-8,13-14H,2-4,9-11H2,1H3,(H2,19,25)(H,21,22,23). The van der Waals surface area contributed by atoms with Crippen molar-refractivity contribution in [1.82, 2.24) is 25.3 Å². The number of likely N-dealkylation sites (tertiary alicyclic amines) is 1. The topological polar surface area (TPSA) is 110 Å². The van der Waals surface area contributed by atoms with Crippen molar-refractivity contribution in [2.75, 3.05) is 20.2 Å². The molecule has 1 aliphatic carbocycles. The summed E-state index contributed by atoms with van der Waals surface area (Å²) in [5.41, 5.74) is 7.38. The van der Waals surface area contributed by atoms with Gasteiger partial charge < -0.3 is 10.5 Å². The van der Waals surface area contributed by atoms with Crippen molar-refractivity contribution in [3.63, 3.8) is 0 Å². The van der Waals surface area contributed by atoms with Crippen molar-refractivity contribution in [3.8, 4) is 0 Å². The third-order valence-corrected chi connectivity index (χ3v) is 5.94. The minimum absolute atomic E-state index is 0.294. The maximum absolute atomic E-state index is 11.6. The number of methoxy groups -OCH3 is 1. The van der Waals surface area contributed by atoms with Crippen molar-refractivity contribution < 1.29 is 9.53 Å². The Balaban J connectivity index is 1.66. The molecule has 2 unspecified atom stereocenters. The fraction of sp³-hybridized carbons (Fsp3) is 0.556. The number of primary amides is 1. The smallest absolute Gasteiger partial charge is 0.267 e. The Kier molecular flexibility index (Phi) is 4.46. The van der Waals surface area contributed by atoms with Crippen LogP contribution in [-0.2, 0) is 16.9 Å². The summed E-state index contributed by atoms with van der Waals surface area (Å²) in [6.45, 7) is 2.66. The number of H-pyrrole nitrogens is 1. The number of piperidine rings is 1. The molecule has 26 heavy (non-hydrogen) atoms. The highest BCUT2D eigenvalue weighted by molar-refractivity contribution is 5.90. The summed E-state index contributed by atoms with van der Waals surface area (Å²) in [5.74, 6) is 0.186. The fourth-order valence-electron chi connectivity index (χ4n) is 4.92. The van der Waals surface area contributed by atoms with Crippen molar-refractivity contribution in [2.24, 2.45) is 17.6 Å². The van der Waals surface area contributed by atoms with Gasteiger partial charge in [0.15, 0.2) is 0 Å². The molecule has 0 radical (unpaired) electrons. The fourth-order valence-corrected chi connectivity index (χ4v) is 4.92. The molecular formula is C18H24N6O2. The molecule has 138 valence electrons. The molecule has 1 aliphatic heterocycles. The molecule has 4 rings (SSSR count). The lowest BCUT2D eigenvalue weighted by molar-refractivity contribution is -0.170. The first-order valence-electron chi connectivity index (χ1n) is 9.02. The molecule has 8 heteroatoms. The van der Waals surface area contributed by atoms with Gasteiger partial charge in [-0.1, -0.05) is 11.6 Å². The second kappa shape index (κ2) is 6.77. The number of aromatic nitrogens is 4. The van der Waals surface area contributed by atoms with Crippen LogP contribution in [0.5, 0.6) is 0 Å². The van der Waals surface area contributed by atoms with Crippen LogP contribution >= 0.6 is 0 Å². The van der Waals surface area contributed by atoms with Crippen molar-refractivity contribution in [2.45, 2.75) is 31.4 Å². The molecule has 2 fully saturated rings. The quantitative estimate of drug-likeness (QED) is 0.829. The van der Waals surface area contributed by atoms with Crippen LogP contribution < -0.4 is 5.73 Å². The molecular weight excluding hydrogens is 332 g/mol. The monoisotopic (exact) mass is 356 g/mol. The lowest BCUT2D eigenvalue weighted by Gasteiger charge is -2.55. The molecule has 1 saturated carbocycles. The molecule has 1 saturated heterocycles. The molecule has 0 spiro atoms. The van der Waals surface area contributed by atoms with Crippen LogP contribution in [0.4, 0.5) is 0 Å². The van der Waals surface area contributed by atoms with E-state index in [0.717, 1.165) is 43.7 Å². The molecule has 8 nitrogen and oxygen atoms in total. The SMILES string of the molecule is COC1(c2ccnc(C(N)=O)c2)C2CCCC1CN(Cc1cnn[nH]1)C2. The molecule has 0 aromatic carbocycles. The number of aromatic amines is 1. The molecule has 2 aromatic rings. The zero-order chi connectivity index (χ0) is 18.1. The van der Waals surface area contributed by atoms with Crippen molar-refractivity contribution >= 4 is 5.91 Å². The third kappa shape index (κ3) is 2.79. The number of nitrogens with two attached hydrogens (primary N) is 1. The normalized spacial score (nSPS) is 28.8. The van der Waals surface area contributed by atoms with E-state index < -0.39 is 11.5 Å². The lowest BCUT2D eigenvalue weighted by Crippen LogP contribution is -2.58. The van der Waals surface area contributed by atoms with Gasteiger partial charge in [0.05, 0.1) is 11.9 Å². The molecule has 2 aromatic heterocycles. The van der Waals surface area contributed by atoms with Gasteiger partial charge in [-0.25, -0.2) is 0 Å². The van der Waals surface area contributed by atoms with E-state index >= 15 is 0 Å². The van der Waals surface area contributed by atoms with Crippen LogP contribution in [0.25, 0.3) is 0 Å². The predicted octanol–water partition coefficient (Wildman–Crippen LogP) is 1.07. The van der Waals surface area contributed by atoms with E-state index in [4.69, 9.17) is 10.5 Å². The number of carbonyl (C=O) groups is 1. The maximum Gasteiger partial charge on any atom is 0.267 e. The summed E-state index contributed by atoms with van der Waals surface area (Å²) in [6.07, 6.45) is 6.82. The number of rotatable bonds is 5. The number of pyridine rings is 1. The van der Waals surface area contributed by atoms with Gasteiger partial charge >= 0.3 is 0 Å². The second-order valence-corrected chi connectivity index (χ2v) is 7.29. The van der Waals surface area contributed by atoms with Gasteiger partial charge in [0.2, 0.25) is 0 Å². The lowest BCUT2D eigenvalue weighted by atomic mass is 9.62. The number of carbonyl (C=O) groups excluding carboxylic acids is 1. The van der Waals surface area contributed by atoms with Gasteiger partial charge in [0.25, 0.3) is 5.91 Å². The Labute approximate surface area is 152 Å². The molecule has 2 aliphatic rings. The van der Waals surface area contributed by atoms with Gasteiger partial charge in [-0.2, -0.15) is 0 Å². The van der Waals surface area contributed by atoms with E-state index in [1.165, 1.54) is 6.42 Å². The van der Waals surface area contributed by atoms with E-state index in [9.17, 15) is 4.79 Å². The van der Waals surface area contributed by atoms with E-state index in [-0.39, 0.29) is 0 Å². The van der Waals surface area contributed by atoms with Gasteiger partial charge in [-0.15, -0.1) is 5.10 Å². The van der Waals surface area contributed by atoms with Crippen molar-refractivity contribution in [1.29, 1.82) is 0 Å². The van der Waals surface area contributed by atoms with Crippen LogP contribution in [0, 0.1) is 11.8 Å². The zero-order valence-electron chi connectivity index (χ0n) is 14.9. The van der Waals surface area contributed by atoms with E-state index in [0.29, 0.717) is 17.5 Å². The number of hydrogen-bond acceptors (Lipinski definition) is 6. The van der Waals surface area contributed by atoms with Crippen LogP contribution in [0.3, 0.4) is 0 Å². The second-order valence-electron chi connectivity index (χ2n) is 7.29. The summed E-state index contributed by atoms with van der Waals surface area (Å²) >= 11 is 0. The summed E-state index contributed by atoms with van der Waals surface area (Å²) < 4.78 is 6.21. The Hall–Kier alpha value is -2.32. The van der Waals surface area contributed by atoms with Crippen molar-refractivity contribution in [3.05, 3.63) is 41.5 Å². The first-order chi connectivity index (χ1) is 12.6. The largest absolute Gasteiger partial charge is 0.373 e. The summed E-state index contributed by atoms with van der Waals surface area (Å²) in [4.78, 5) is 18.1. The average Bonchev–Trinajstić information content (AvgIpc) is 3.14. The van der Waals surface area contributed by atoms with E-state index in [1.54, 1.807) is 19.5 Å². The Morgan fingerprint density at radius 2 is 2.19 bits per heavy atom. The highest BCUT2D eigenvalue weighted by atomic mass is 16.5. The highest BCUT2D eigenvalue weighted by Gasteiger charge is 2.53. The first kappa shape index (κ1) is 17.1. The van der Waals surface area contributed by atoms with Crippen LogP contribution in [0.1, 0.15) is 41.0 Å². The molecule has 2 atom stereocenters. The number of nitrogens with one attached hydrogen (secondary N) is 1. The highest BCUT2D eigenvalue weighted by Crippen LogP contribution is 2.51. The first-order valence-corrected chi connectivity index (χ1v) is 9.02. The maximum atomic E-state index is 11.6. The minimum atomic E-state index is -0.507. The Bertz CT molecular complexity index is 764. The van der Waals surface area contributed by atoms with Crippen LogP contribution in [0.15, 0.2) is 24.5 Å². The van der Waals surface area contributed by atoms with Gasteiger partial charge in [-0.3, -0.25) is 19.8 Å². The van der Waals surface area contributed by atoms with Gasteiger partial charge in [-0.05, 0) is 30.5 Å². The van der Waals surface area contributed by atoms with Crippen LogP contribution in [0.2, 0.25) is 0 Å². The predicted molar refractivity (Wildman–Crippen MR) is 93.9 cm³/mol.